The average molecular weight is 294 g/mol. The number of cyclic esters (lactones) is 1. The van der Waals surface area contributed by atoms with Gasteiger partial charge in [-0.2, -0.15) is 0 Å². The van der Waals surface area contributed by atoms with Crippen molar-refractivity contribution < 1.29 is 14.3 Å². The number of nitrogens with zero attached hydrogens (tertiary/aromatic N) is 1. The molecule has 5 heteroatoms. The second kappa shape index (κ2) is 8.62. The Balaban J connectivity index is 2.47. The number of amides is 1. The molecule has 2 atom stereocenters. The van der Waals surface area contributed by atoms with E-state index >= 15 is 0 Å². The number of nitrogens with one attached hydrogen (secondary N) is 1. The van der Waals surface area contributed by atoms with Crippen LogP contribution < -0.4 is 5.32 Å². The molecule has 1 amide bonds. The molecule has 0 spiro atoms. The monoisotopic (exact) mass is 294 g/mol. The summed E-state index contributed by atoms with van der Waals surface area (Å²) in [7, 11) is 0. The zero-order valence-corrected chi connectivity index (χ0v) is 13.0. The molecule has 1 saturated heterocycles. The number of ether oxygens (including phenoxy) is 1. The molecule has 0 aliphatic carbocycles. The molecule has 1 aliphatic heterocycles. The molecule has 118 valence electrons. The summed E-state index contributed by atoms with van der Waals surface area (Å²) in [4.78, 5) is 25.6. The van der Waals surface area contributed by atoms with E-state index in [1.807, 2.05) is 26.0 Å². The lowest BCUT2D eigenvalue weighted by molar-refractivity contribution is -0.144. The summed E-state index contributed by atoms with van der Waals surface area (Å²) in [5.74, 6) is -0.162. The fourth-order valence-corrected chi connectivity index (χ4v) is 2.38. The molecule has 0 aromatic carbocycles. The van der Waals surface area contributed by atoms with Crippen LogP contribution in [0.5, 0.6) is 0 Å². The predicted molar refractivity (Wildman–Crippen MR) is 82.7 cm³/mol. The predicted octanol–water partition coefficient (Wildman–Crippen LogP) is 1.51. The van der Waals surface area contributed by atoms with Gasteiger partial charge < -0.3 is 10.1 Å². The van der Waals surface area contributed by atoms with Gasteiger partial charge in [-0.25, -0.2) is 4.79 Å². The molecule has 1 fully saturated rings. The highest BCUT2D eigenvalue weighted by Gasteiger charge is 2.36. The average Bonchev–Trinajstić information content (AvgIpc) is 2.69. The molecule has 1 unspecified atom stereocenters. The lowest BCUT2D eigenvalue weighted by Gasteiger charge is -2.21. The Hall–Kier alpha value is -1.62. The molecular formula is C16H26N2O3. The lowest BCUT2D eigenvalue weighted by Crippen LogP contribution is -2.38. The Kier molecular flexibility index (Phi) is 7.15. The van der Waals surface area contributed by atoms with Crippen molar-refractivity contribution in [2.24, 2.45) is 5.92 Å². The van der Waals surface area contributed by atoms with E-state index in [4.69, 9.17) is 4.74 Å². The van der Waals surface area contributed by atoms with E-state index in [1.54, 1.807) is 0 Å². The highest BCUT2D eigenvalue weighted by atomic mass is 16.6. The molecule has 1 rings (SSSR count). The molecule has 0 saturated carbocycles. The SMILES string of the molecule is C=CCN(CC=C)CC1C[C@H](NC(=O)CC(C)C)C(=O)O1. The van der Waals surface area contributed by atoms with E-state index in [0.29, 0.717) is 32.5 Å². The van der Waals surface area contributed by atoms with Crippen molar-refractivity contribution in [3.05, 3.63) is 25.3 Å². The van der Waals surface area contributed by atoms with Crippen molar-refractivity contribution in [2.75, 3.05) is 19.6 Å². The van der Waals surface area contributed by atoms with Crippen molar-refractivity contribution in [2.45, 2.75) is 38.8 Å². The summed E-state index contributed by atoms with van der Waals surface area (Å²) in [6, 6.07) is -0.518. The van der Waals surface area contributed by atoms with Crippen LogP contribution in [0, 0.1) is 5.92 Å². The molecule has 1 aliphatic rings. The van der Waals surface area contributed by atoms with Crippen LogP contribution in [0.25, 0.3) is 0 Å². The van der Waals surface area contributed by atoms with Crippen LogP contribution in [0.3, 0.4) is 0 Å². The van der Waals surface area contributed by atoms with Gasteiger partial charge in [0.15, 0.2) is 0 Å². The van der Waals surface area contributed by atoms with Gasteiger partial charge in [-0.15, -0.1) is 13.2 Å². The number of rotatable bonds is 9. The number of carbonyl (C=O) groups excluding carboxylic acids is 2. The Labute approximate surface area is 127 Å². The van der Waals surface area contributed by atoms with E-state index in [1.165, 1.54) is 0 Å². The van der Waals surface area contributed by atoms with Gasteiger partial charge in [0.1, 0.15) is 12.1 Å². The number of esters is 1. The molecular weight excluding hydrogens is 268 g/mol. The first-order chi connectivity index (χ1) is 9.96. The maximum Gasteiger partial charge on any atom is 0.329 e. The first-order valence-corrected chi connectivity index (χ1v) is 7.40. The fourth-order valence-electron chi connectivity index (χ4n) is 2.38. The Morgan fingerprint density at radius 2 is 2.05 bits per heavy atom. The molecule has 1 heterocycles. The van der Waals surface area contributed by atoms with Gasteiger partial charge in [-0.1, -0.05) is 26.0 Å². The minimum Gasteiger partial charge on any atom is -0.459 e. The quantitative estimate of drug-likeness (QED) is 0.517. The van der Waals surface area contributed by atoms with Crippen LogP contribution in [-0.4, -0.2) is 48.6 Å². The third-order valence-electron chi connectivity index (χ3n) is 3.23. The van der Waals surface area contributed by atoms with Gasteiger partial charge in [0.2, 0.25) is 5.91 Å². The standard InChI is InChI=1S/C16H26N2O3/c1-5-7-18(8-6-2)11-13-10-14(16(20)21-13)17-15(19)9-12(3)4/h5-6,12-14H,1-2,7-11H2,3-4H3,(H,17,19)/t13?,14-/m0/s1. The van der Waals surface area contributed by atoms with E-state index in [0.717, 1.165) is 0 Å². The van der Waals surface area contributed by atoms with Gasteiger partial charge in [0.25, 0.3) is 0 Å². The van der Waals surface area contributed by atoms with Crippen LogP contribution in [-0.2, 0) is 14.3 Å². The highest BCUT2D eigenvalue weighted by Crippen LogP contribution is 2.17. The molecule has 0 aromatic heterocycles. The first-order valence-electron chi connectivity index (χ1n) is 7.40. The van der Waals surface area contributed by atoms with Crippen molar-refractivity contribution in [1.82, 2.24) is 10.2 Å². The molecule has 0 aromatic rings. The van der Waals surface area contributed by atoms with Crippen molar-refractivity contribution in [3.8, 4) is 0 Å². The van der Waals surface area contributed by atoms with Crippen LogP contribution in [0.15, 0.2) is 25.3 Å². The highest BCUT2D eigenvalue weighted by molar-refractivity contribution is 5.85. The number of carbonyl (C=O) groups is 2. The van der Waals surface area contributed by atoms with E-state index < -0.39 is 6.04 Å². The Bertz CT molecular complexity index is 383. The third kappa shape index (κ3) is 6.12. The lowest BCUT2D eigenvalue weighted by atomic mass is 10.1. The second-order valence-corrected chi connectivity index (χ2v) is 5.81. The first kappa shape index (κ1) is 17.4. The fraction of sp³-hybridized carbons (Fsp3) is 0.625. The summed E-state index contributed by atoms with van der Waals surface area (Å²) < 4.78 is 5.34. The Morgan fingerprint density at radius 3 is 2.57 bits per heavy atom. The summed E-state index contributed by atoms with van der Waals surface area (Å²) in [5, 5.41) is 2.75. The summed E-state index contributed by atoms with van der Waals surface area (Å²) in [6.45, 7) is 13.4. The second-order valence-electron chi connectivity index (χ2n) is 5.81. The summed E-state index contributed by atoms with van der Waals surface area (Å²) in [5.41, 5.74) is 0. The van der Waals surface area contributed by atoms with Crippen molar-refractivity contribution in [3.63, 3.8) is 0 Å². The minimum atomic E-state index is -0.518. The summed E-state index contributed by atoms with van der Waals surface area (Å²) >= 11 is 0. The van der Waals surface area contributed by atoms with Crippen molar-refractivity contribution >= 4 is 11.9 Å². The van der Waals surface area contributed by atoms with E-state index in [2.05, 4.69) is 23.4 Å². The normalized spacial score (nSPS) is 21.4. The number of hydrogen-bond acceptors (Lipinski definition) is 4. The number of hydrogen-bond donors (Lipinski definition) is 1. The largest absolute Gasteiger partial charge is 0.459 e. The smallest absolute Gasteiger partial charge is 0.329 e. The third-order valence-corrected chi connectivity index (χ3v) is 3.23. The van der Waals surface area contributed by atoms with Crippen LogP contribution in [0.1, 0.15) is 26.7 Å². The van der Waals surface area contributed by atoms with Crippen molar-refractivity contribution in [1.29, 1.82) is 0 Å². The van der Waals surface area contributed by atoms with Crippen LogP contribution in [0.2, 0.25) is 0 Å². The van der Waals surface area contributed by atoms with Gasteiger partial charge in [-0.3, -0.25) is 9.69 Å². The van der Waals surface area contributed by atoms with E-state index in [9.17, 15) is 9.59 Å². The summed E-state index contributed by atoms with van der Waals surface area (Å²) in [6.07, 6.45) is 4.37. The molecule has 21 heavy (non-hydrogen) atoms. The minimum absolute atomic E-state index is 0.0957. The van der Waals surface area contributed by atoms with Crippen LogP contribution in [0.4, 0.5) is 0 Å². The maximum atomic E-state index is 11.8. The molecule has 1 N–H and O–H groups in total. The van der Waals surface area contributed by atoms with Gasteiger partial charge in [0.05, 0.1) is 0 Å². The zero-order chi connectivity index (χ0) is 15.8. The molecule has 0 radical (unpaired) electrons. The molecule has 0 bridgehead atoms. The molecule has 5 nitrogen and oxygen atoms in total. The topological polar surface area (TPSA) is 58.6 Å². The van der Waals surface area contributed by atoms with Gasteiger partial charge >= 0.3 is 5.97 Å². The Morgan fingerprint density at radius 1 is 1.43 bits per heavy atom. The maximum absolute atomic E-state index is 11.8. The van der Waals surface area contributed by atoms with Gasteiger partial charge in [-0.05, 0) is 5.92 Å². The van der Waals surface area contributed by atoms with Crippen LogP contribution >= 0.6 is 0 Å². The van der Waals surface area contributed by atoms with Gasteiger partial charge in [0, 0.05) is 32.5 Å². The zero-order valence-electron chi connectivity index (χ0n) is 13.0. The van der Waals surface area contributed by atoms with E-state index in [-0.39, 0.29) is 23.9 Å².